The van der Waals surface area contributed by atoms with E-state index in [1.807, 2.05) is 31.2 Å². The number of methoxy groups -OCH3 is 1. The molecule has 0 unspecified atom stereocenters. The van der Waals surface area contributed by atoms with Crippen LogP contribution in [-0.4, -0.2) is 46.2 Å². The maximum absolute atomic E-state index is 12.7. The van der Waals surface area contributed by atoms with Gasteiger partial charge in [0, 0.05) is 24.6 Å². The minimum Gasteiger partial charge on any atom is -0.494 e. The van der Waals surface area contributed by atoms with Crippen molar-refractivity contribution in [3.8, 4) is 17.0 Å². The number of nitrogens with two attached hydrogens (primary N) is 1. The summed E-state index contributed by atoms with van der Waals surface area (Å²) in [6.45, 7) is 7.77. The lowest BCUT2D eigenvalue weighted by molar-refractivity contribution is 0.0983. The van der Waals surface area contributed by atoms with E-state index in [-0.39, 0.29) is 23.7 Å². The van der Waals surface area contributed by atoms with Crippen LogP contribution in [-0.2, 0) is 11.1 Å². The van der Waals surface area contributed by atoms with Gasteiger partial charge in [-0.05, 0) is 38.5 Å². The molecule has 0 amide bonds. The van der Waals surface area contributed by atoms with E-state index in [2.05, 4.69) is 20.6 Å². The fourth-order valence-corrected chi connectivity index (χ4v) is 4.46. The number of hydrogen-bond donors (Lipinski definition) is 2. The van der Waals surface area contributed by atoms with Crippen LogP contribution < -0.4 is 21.2 Å². The Kier molecular flexibility index (Phi) is 6.45. The van der Waals surface area contributed by atoms with Gasteiger partial charge < -0.3 is 20.4 Å². The molecule has 0 fully saturated rings. The van der Waals surface area contributed by atoms with E-state index in [1.165, 1.54) is 0 Å². The van der Waals surface area contributed by atoms with Crippen molar-refractivity contribution in [2.75, 3.05) is 31.5 Å². The summed E-state index contributed by atoms with van der Waals surface area (Å²) in [4.78, 5) is 12.3. The van der Waals surface area contributed by atoms with E-state index in [1.54, 1.807) is 38.1 Å². The van der Waals surface area contributed by atoms with Crippen LogP contribution in [0.15, 0.2) is 30.3 Å². The highest BCUT2D eigenvalue weighted by molar-refractivity contribution is 7.69. The number of benzene rings is 1. The fraction of sp³-hybridized carbons (Fsp3) is 0.333. The first-order valence-corrected chi connectivity index (χ1v) is 12.5. The molecule has 0 spiro atoms. The highest BCUT2D eigenvalue weighted by Gasteiger charge is 2.22. The molecule has 0 radical (unpaired) electrons. The minimum absolute atomic E-state index is 0.155. The van der Waals surface area contributed by atoms with E-state index in [0.29, 0.717) is 34.8 Å². The molecule has 1 aromatic carbocycles. The molecule has 0 saturated heterocycles. The predicted molar refractivity (Wildman–Crippen MR) is 123 cm³/mol. The van der Waals surface area contributed by atoms with E-state index < -0.39 is 7.14 Å². The number of ketones is 1. The molecule has 0 atom stereocenters. The molecule has 0 saturated carbocycles. The van der Waals surface area contributed by atoms with Gasteiger partial charge >= 0.3 is 0 Å². The summed E-state index contributed by atoms with van der Waals surface area (Å²) < 4.78 is 20.2. The molecule has 0 aliphatic rings. The van der Waals surface area contributed by atoms with Crippen molar-refractivity contribution >= 4 is 35.6 Å². The SMILES string of the molecule is CCC(=O)c1nnc(N)cc1Nc1cccc(-c2cc(P(C)(C)=O)n(CC)n2)c1OC. The number of carbonyl (C=O) groups excluding carboxylic acids is 1. The highest BCUT2D eigenvalue weighted by Crippen LogP contribution is 2.40. The molecule has 0 aliphatic carbocycles. The molecule has 9 nitrogen and oxygen atoms in total. The average molecular weight is 442 g/mol. The molecular weight excluding hydrogens is 415 g/mol. The number of para-hydroxylation sites is 1. The van der Waals surface area contributed by atoms with E-state index in [4.69, 9.17) is 10.5 Å². The molecule has 2 heterocycles. The third-order valence-electron chi connectivity index (χ3n) is 4.77. The van der Waals surface area contributed by atoms with Gasteiger partial charge in [0.25, 0.3) is 0 Å². The minimum atomic E-state index is -2.51. The zero-order valence-electron chi connectivity index (χ0n) is 18.3. The van der Waals surface area contributed by atoms with Crippen molar-refractivity contribution in [1.82, 2.24) is 20.0 Å². The van der Waals surface area contributed by atoms with Crippen LogP contribution in [0, 0.1) is 0 Å². The average Bonchev–Trinajstić information content (AvgIpc) is 3.18. The van der Waals surface area contributed by atoms with Crippen molar-refractivity contribution in [2.24, 2.45) is 0 Å². The second-order valence-corrected chi connectivity index (χ2v) is 10.5. The second-order valence-electron chi connectivity index (χ2n) is 7.37. The fourth-order valence-electron chi connectivity index (χ4n) is 3.28. The number of aromatic nitrogens is 4. The highest BCUT2D eigenvalue weighted by atomic mass is 31.2. The number of anilines is 3. The van der Waals surface area contributed by atoms with Crippen molar-refractivity contribution in [1.29, 1.82) is 0 Å². The number of nitrogens with one attached hydrogen (secondary N) is 1. The maximum Gasteiger partial charge on any atom is 0.184 e. The van der Waals surface area contributed by atoms with Gasteiger partial charge in [0.1, 0.15) is 13.0 Å². The summed E-state index contributed by atoms with van der Waals surface area (Å²) in [6, 6.07) is 8.95. The molecule has 3 N–H and O–H groups in total. The van der Waals surface area contributed by atoms with Gasteiger partial charge in [-0.3, -0.25) is 9.48 Å². The van der Waals surface area contributed by atoms with Crippen molar-refractivity contribution < 1.29 is 14.1 Å². The Morgan fingerprint density at radius 1 is 1.19 bits per heavy atom. The molecule has 3 rings (SSSR count). The Hall–Kier alpha value is -3.19. The maximum atomic E-state index is 12.7. The number of nitrogen functional groups attached to an aromatic ring is 1. The first-order valence-electron chi connectivity index (χ1n) is 9.93. The molecule has 31 heavy (non-hydrogen) atoms. The van der Waals surface area contributed by atoms with Crippen LogP contribution in [0.3, 0.4) is 0 Å². The van der Waals surface area contributed by atoms with Gasteiger partial charge in [-0.1, -0.05) is 13.0 Å². The molecular formula is C21H27N6O3P. The number of Topliss-reactive ketones (excluding diaryl/α,β-unsaturated/α-hetero) is 1. The Bertz CT molecular complexity index is 1170. The smallest absolute Gasteiger partial charge is 0.184 e. The van der Waals surface area contributed by atoms with Gasteiger partial charge in [-0.15, -0.1) is 10.2 Å². The second kappa shape index (κ2) is 8.89. The normalized spacial score (nSPS) is 11.4. The first kappa shape index (κ1) is 22.5. The van der Waals surface area contributed by atoms with Crippen LogP contribution in [0.5, 0.6) is 5.75 Å². The molecule has 10 heteroatoms. The predicted octanol–water partition coefficient (Wildman–Crippen LogP) is 3.54. The summed E-state index contributed by atoms with van der Waals surface area (Å²) in [6.07, 6.45) is 0.287. The van der Waals surface area contributed by atoms with E-state index in [9.17, 15) is 9.36 Å². The standard InChI is InChI=1S/C21H27N6O3P/c1-6-17(28)20-16(11-18(22)24-25-20)23-14-10-8-9-13(21(14)30-3)15-12-19(31(4,5)29)27(7-2)26-15/h8-12H,6-7H2,1-5H3,(H3,22,23,24). The lowest BCUT2D eigenvalue weighted by atomic mass is 10.1. The number of carbonyl (C=O) groups is 1. The number of aryl methyl sites for hydroxylation is 1. The molecule has 0 aliphatic heterocycles. The van der Waals surface area contributed by atoms with Gasteiger partial charge in [0.05, 0.1) is 29.6 Å². The monoisotopic (exact) mass is 442 g/mol. The van der Waals surface area contributed by atoms with Crippen LogP contribution in [0.1, 0.15) is 30.8 Å². The van der Waals surface area contributed by atoms with Gasteiger partial charge in [-0.25, -0.2) is 0 Å². The van der Waals surface area contributed by atoms with Gasteiger partial charge in [-0.2, -0.15) is 5.10 Å². The lowest BCUT2D eigenvalue weighted by Crippen LogP contribution is -2.16. The summed E-state index contributed by atoms with van der Waals surface area (Å²) in [5.74, 6) is 0.568. The zero-order chi connectivity index (χ0) is 22.8. The van der Waals surface area contributed by atoms with E-state index in [0.717, 1.165) is 5.56 Å². The van der Waals surface area contributed by atoms with Gasteiger partial charge in [0.15, 0.2) is 17.2 Å². The first-order chi connectivity index (χ1) is 14.7. The number of hydrogen-bond acceptors (Lipinski definition) is 8. The zero-order valence-corrected chi connectivity index (χ0v) is 19.2. The van der Waals surface area contributed by atoms with Crippen LogP contribution in [0.2, 0.25) is 0 Å². The third-order valence-corrected chi connectivity index (χ3v) is 6.24. The summed E-state index contributed by atoms with van der Waals surface area (Å²) in [7, 11) is -0.952. The summed E-state index contributed by atoms with van der Waals surface area (Å²) >= 11 is 0. The summed E-state index contributed by atoms with van der Waals surface area (Å²) in [5.41, 5.74) is 9.14. The van der Waals surface area contributed by atoms with Crippen molar-refractivity contribution in [3.63, 3.8) is 0 Å². The van der Waals surface area contributed by atoms with Crippen molar-refractivity contribution in [3.05, 3.63) is 36.0 Å². The topological polar surface area (TPSA) is 125 Å². The third kappa shape index (κ3) is 4.61. The number of nitrogens with zero attached hydrogens (tertiary/aromatic N) is 4. The van der Waals surface area contributed by atoms with Gasteiger partial charge in [0.2, 0.25) is 0 Å². The summed E-state index contributed by atoms with van der Waals surface area (Å²) in [5, 5.41) is 15.6. The Morgan fingerprint density at radius 3 is 2.52 bits per heavy atom. The van der Waals surface area contributed by atoms with Crippen LogP contribution >= 0.6 is 7.14 Å². The number of ether oxygens (including phenoxy) is 1. The molecule has 0 bridgehead atoms. The molecule has 2 aromatic heterocycles. The van der Waals surface area contributed by atoms with Crippen LogP contribution in [0.4, 0.5) is 17.2 Å². The Labute approximate surface area is 181 Å². The molecule has 3 aromatic rings. The number of rotatable bonds is 8. The lowest BCUT2D eigenvalue weighted by Gasteiger charge is -2.15. The Balaban J connectivity index is 2.11. The Morgan fingerprint density at radius 2 is 1.94 bits per heavy atom. The van der Waals surface area contributed by atoms with E-state index >= 15 is 0 Å². The largest absolute Gasteiger partial charge is 0.494 e. The van der Waals surface area contributed by atoms with Crippen LogP contribution in [0.25, 0.3) is 11.3 Å². The van der Waals surface area contributed by atoms with Crippen molar-refractivity contribution in [2.45, 2.75) is 26.8 Å². The quantitative estimate of drug-likeness (QED) is 0.401. The molecule has 164 valence electrons.